The first kappa shape index (κ1) is 13.5. The van der Waals surface area contributed by atoms with Crippen molar-refractivity contribution in [3.05, 3.63) is 22.8 Å². The van der Waals surface area contributed by atoms with Crippen molar-refractivity contribution in [2.75, 3.05) is 6.61 Å². The molecule has 0 aliphatic carbocycles. The normalized spacial score (nSPS) is 14.9. The molecule has 16 heavy (non-hydrogen) atoms. The molecule has 0 spiro atoms. The smallest absolute Gasteiger partial charge is 0.214 e. The van der Waals surface area contributed by atoms with Gasteiger partial charge in [0.25, 0.3) is 0 Å². The second kappa shape index (κ2) is 5.64. The van der Waals surface area contributed by atoms with Crippen molar-refractivity contribution in [1.29, 1.82) is 0 Å². The van der Waals surface area contributed by atoms with Gasteiger partial charge < -0.3 is 10.5 Å². The maximum absolute atomic E-state index is 6.14. The van der Waals surface area contributed by atoms with Crippen molar-refractivity contribution < 1.29 is 4.74 Å². The molecule has 0 aliphatic rings. The lowest BCUT2D eigenvalue weighted by molar-refractivity contribution is 0.200. The van der Waals surface area contributed by atoms with Crippen LogP contribution in [0.1, 0.15) is 27.2 Å². The van der Waals surface area contributed by atoms with Crippen LogP contribution in [0, 0.1) is 5.92 Å². The zero-order valence-corrected chi connectivity index (χ0v) is 11.6. The number of pyridine rings is 1. The van der Waals surface area contributed by atoms with Crippen LogP contribution < -0.4 is 10.5 Å². The Morgan fingerprint density at radius 1 is 1.50 bits per heavy atom. The van der Waals surface area contributed by atoms with E-state index < -0.39 is 0 Å². The molecular weight excluding hydrogens is 268 g/mol. The van der Waals surface area contributed by atoms with Gasteiger partial charge in [0.15, 0.2) is 0 Å². The lowest BCUT2D eigenvalue weighted by Crippen LogP contribution is -2.43. The molecule has 0 amide bonds. The summed E-state index contributed by atoms with van der Waals surface area (Å²) < 4.78 is 6.36. The van der Waals surface area contributed by atoms with Crippen LogP contribution >= 0.6 is 15.9 Å². The lowest BCUT2D eigenvalue weighted by Gasteiger charge is -2.26. The van der Waals surface area contributed by atoms with E-state index >= 15 is 0 Å². The Bertz CT molecular complexity index is 340. The van der Waals surface area contributed by atoms with Gasteiger partial charge in [0.1, 0.15) is 11.2 Å². The Balaban J connectivity index is 2.50. The predicted molar refractivity (Wildman–Crippen MR) is 69.5 cm³/mol. The average molecular weight is 287 g/mol. The summed E-state index contributed by atoms with van der Waals surface area (Å²) in [4.78, 5) is 4.19. The molecule has 4 heteroatoms. The molecule has 0 saturated carbocycles. The first-order chi connectivity index (χ1) is 7.39. The summed E-state index contributed by atoms with van der Waals surface area (Å²) >= 11 is 3.30. The molecule has 2 N–H and O–H groups in total. The first-order valence-corrected chi connectivity index (χ1v) is 6.22. The van der Waals surface area contributed by atoms with Gasteiger partial charge in [-0.25, -0.2) is 4.98 Å². The molecule has 0 saturated heterocycles. The van der Waals surface area contributed by atoms with Gasteiger partial charge in [-0.15, -0.1) is 0 Å². The highest BCUT2D eigenvalue weighted by molar-refractivity contribution is 9.10. The van der Waals surface area contributed by atoms with Crippen molar-refractivity contribution in [3.63, 3.8) is 0 Å². The van der Waals surface area contributed by atoms with Crippen molar-refractivity contribution in [3.8, 4) is 5.88 Å². The summed E-state index contributed by atoms with van der Waals surface area (Å²) in [5, 5.41) is 0. The van der Waals surface area contributed by atoms with E-state index in [2.05, 4.69) is 34.8 Å². The summed E-state index contributed by atoms with van der Waals surface area (Å²) in [5.74, 6) is 1.17. The van der Waals surface area contributed by atoms with E-state index in [1.54, 1.807) is 0 Å². The highest BCUT2D eigenvalue weighted by atomic mass is 79.9. The predicted octanol–water partition coefficient (Wildman–Crippen LogP) is 2.99. The van der Waals surface area contributed by atoms with Crippen LogP contribution in [-0.2, 0) is 0 Å². The van der Waals surface area contributed by atoms with Gasteiger partial charge in [0.2, 0.25) is 5.88 Å². The summed E-state index contributed by atoms with van der Waals surface area (Å²) in [6.45, 7) is 6.80. The molecule has 1 rings (SSSR count). The fraction of sp³-hybridized carbons (Fsp3) is 0.583. The third-order valence-corrected chi connectivity index (χ3v) is 2.56. The average Bonchev–Trinajstić information content (AvgIpc) is 2.13. The van der Waals surface area contributed by atoms with Gasteiger partial charge >= 0.3 is 0 Å². The quantitative estimate of drug-likeness (QED) is 0.847. The number of ether oxygens (including phenoxy) is 1. The molecule has 0 aromatic carbocycles. The van der Waals surface area contributed by atoms with Crippen LogP contribution in [0.3, 0.4) is 0 Å². The number of aromatic nitrogens is 1. The number of nitrogens with two attached hydrogens (primary N) is 1. The Kier molecular flexibility index (Phi) is 4.74. The monoisotopic (exact) mass is 286 g/mol. The van der Waals surface area contributed by atoms with E-state index in [9.17, 15) is 0 Å². The van der Waals surface area contributed by atoms with Crippen molar-refractivity contribution in [1.82, 2.24) is 4.98 Å². The van der Waals surface area contributed by atoms with E-state index in [1.165, 1.54) is 0 Å². The number of hydrogen-bond acceptors (Lipinski definition) is 3. The van der Waals surface area contributed by atoms with Gasteiger partial charge in [-0.1, -0.05) is 19.9 Å². The van der Waals surface area contributed by atoms with Gasteiger partial charge in [-0.05, 0) is 41.3 Å². The molecule has 1 heterocycles. The third-order valence-electron chi connectivity index (χ3n) is 2.11. The number of rotatable bonds is 5. The summed E-state index contributed by atoms with van der Waals surface area (Å²) in [7, 11) is 0. The first-order valence-electron chi connectivity index (χ1n) is 5.43. The second-order valence-electron chi connectivity index (χ2n) is 4.84. The minimum absolute atomic E-state index is 0.307. The molecule has 0 unspecified atom stereocenters. The summed E-state index contributed by atoms with van der Waals surface area (Å²) in [5.41, 5.74) is 5.83. The Labute approximate surface area is 106 Å². The summed E-state index contributed by atoms with van der Waals surface area (Å²) in [6.07, 6.45) is 0.932. The second-order valence-corrected chi connectivity index (χ2v) is 5.65. The topological polar surface area (TPSA) is 48.1 Å². The number of halogens is 1. The van der Waals surface area contributed by atoms with E-state index in [-0.39, 0.29) is 5.54 Å². The van der Waals surface area contributed by atoms with Crippen LogP contribution in [0.4, 0.5) is 0 Å². The molecule has 1 aromatic rings. The maximum atomic E-state index is 6.14. The molecular formula is C12H19BrN2O. The van der Waals surface area contributed by atoms with Crippen molar-refractivity contribution in [2.45, 2.75) is 32.7 Å². The fourth-order valence-corrected chi connectivity index (χ4v) is 2.03. The molecule has 0 fully saturated rings. The van der Waals surface area contributed by atoms with Gasteiger partial charge in [0, 0.05) is 11.6 Å². The van der Waals surface area contributed by atoms with E-state index in [0.717, 1.165) is 11.0 Å². The third kappa shape index (κ3) is 4.94. The maximum Gasteiger partial charge on any atom is 0.214 e. The minimum atomic E-state index is -0.307. The molecule has 0 radical (unpaired) electrons. The minimum Gasteiger partial charge on any atom is -0.476 e. The number of nitrogens with zero attached hydrogens (tertiary/aromatic N) is 1. The molecule has 0 bridgehead atoms. The molecule has 1 aromatic heterocycles. The Morgan fingerprint density at radius 2 is 2.19 bits per heavy atom. The molecule has 3 nitrogen and oxygen atoms in total. The van der Waals surface area contributed by atoms with E-state index in [1.807, 2.05) is 25.1 Å². The fourth-order valence-electron chi connectivity index (χ4n) is 1.70. The Morgan fingerprint density at radius 3 is 2.75 bits per heavy atom. The highest BCUT2D eigenvalue weighted by Gasteiger charge is 2.21. The van der Waals surface area contributed by atoms with Gasteiger partial charge in [-0.2, -0.15) is 0 Å². The largest absolute Gasteiger partial charge is 0.476 e. The van der Waals surface area contributed by atoms with Crippen LogP contribution in [-0.4, -0.2) is 17.1 Å². The van der Waals surface area contributed by atoms with Crippen LogP contribution in [0.2, 0.25) is 0 Å². The Hall–Kier alpha value is -0.610. The zero-order chi connectivity index (χ0) is 12.2. The SMILES string of the molecule is CC(C)C[C@](C)(N)COc1cccc(Br)n1. The van der Waals surface area contributed by atoms with E-state index in [0.29, 0.717) is 18.4 Å². The number of hydrogen-bond donors (Lipinski definition) is 1. The van der Waals surface area contributed by atoms with Crippen LogP contribution in [0.25, 0.3) is 0 Å². The molecule has 0 aliphatic heterocycles. The van der Waals surface area contributed by atoms with Gasteiger partial charge in [-0.3, -0.25) is 0 Å². The van der Waals surface area contributed by atoms with Crippen LogP contribution in [0.15, 0.2) is 22.8 Å². The molecule has 90 valence electrons. The molecule has 1 atom stereocenters. The highest BCUT2D eigenvalue weighted by Crippen LogP contribution is 2.17. The van der Waals surface area contributed by atoms with E-state index in [4.69, 9.17) is 10.5 Å². The lowest BCUT2D eigenvalue weighted by atomic mass is 9.93. The van der Waals surface area contributed by atoms with Crippen LogP contribution in [0.5, 0.6) is 5.88 Å². The van der Waals surface area contributed by atoms with Crippen molar-refractivity contribution >= 4 is 15.9 Å². The van der Waals surface area contributed by atoms with Crippen molar-refractivity contribution in [2.24, 2.45) is 11.7 Å². The summed E-state index contributed by atoms with van der Waals surface area (Å²) in [6, 6.07) is 5.58. The zero-order valence-electron chi connectivity index (χ0n) is 10.0. The van der Waals surface area contributed by atoms with Gasteiger partial charge in [0.05, 0.1) is 0 Å². The standard InChI is InChI=1S/C12H19BrN2O/c1-9(2)7-12(3,14)8-16-11-6-4-5-10(13)15-11/h4-6,9H,7-8,14H2,1-3H3/t12-/m0/s1.